The first-order valence-electron chi connectivity index (χ1n) is 6.69. The van der Waals surface area contributed by atoms with Gasteiger partial charge in [-0.3, -0.25) is 4.79 Å². The fourth-order valence-electron chi connectivity index (χ4n) is 2.21. The van der Waals surface area contributed by atoms with E-state index in [1.54, 1.807) is 4.57 Å². The van der Waals surface area contributed by atoms with E-state index < -0.39 is 17.6 Å². The molecule has 2 aromatic rings. The number of rotatable bonds is 7. The Morgan fingerprint density at radius 2 is 1.95 bits per heavy atom. The van der Waals surface area contributed by atoms with Gasteiger partial charge in [0.1, 0.15) is 5.82 Å². The van der Waals surface area contributed by atoms with Crippen molar-refractivity contribution >= 4 is 17.0 Å². The van der Waals surface area contributed by atoms with Gasteiger partial charge in [0.05, 0.1) is 17.5 Å². The Bertz CT molecular complexity index is 655. The van der Waals surface area contributed by atoms with Crippen LogP contribution < -0.4 is 0 Å². The molecule has 0 saturated heterocycles. The highest BCUT2D eigenvalue weighted by Gasteiger charge is 2.15. The number of imidazole rings is 1. The number of aryl methyl sites for hydroxylation is 2. The molecule has 0 aliphatic heterocycles. The predicted molar refractivity (Wildman–Crippen MR) is 71.9 cm³/mol. The van der Waals surface area contributed by atoms with Crippen molar-refractivity contribution in [2.75, 3.05) is 6.61 Å². The van der Waals surface area contributed by atoms with Crippen molar-refractivity contribution in [2.45, 2.75) is 32.2 Å². The second-order valence-electron chi connectivity index (χ2n) is 4.76. The molecule has 5 nitrogen and oxygen atoms in total. The second-order valence-corrected chi connectivity index (χ2v) is 4.76. The third kappa shape index (κ3) is 3.55. The van der Waals surface area contributed by atoms with E-state index in [1.165, 1.54) is 0 Å². The van der Waals surface area contributed by atoms with E-state index in [2.05, 4.69) is 4.98 Å². The van der Waals surface area contributed by atoms with Crippen LogP contribution in [0.4, 0.5) is 8.78 Å². The topological polar surface area (TPSA) is 75.3 Å². The molecule has 0 bridgehead atoms. The van der Waals surface area contributed by atoms with Gasteiger partial charge in [0.2, 0.25) is 0 Å². The van der Waals surface area contributed by atoms with Crippen molar-refractivity contribution in [1.29, 1.82) is 0 Å². The lowest BCUT2D eigenvalue weighted by Gasteiger charge is -2.07. The fourth-order valence-corrected chi connectivity index (χ4v) is 2.21. The minimum Gasteiger partial charge on any atom is -0.481 e. The molecule has 2 rings (SSSR count). The summed E-state index contributed by atoms with van der Waals surface area (Å²) in [5, 5.41) is 17.6. The molecule has 0 saturated carbocycles. The monoisotopic (exact) mass is 298 g/mol. The summed E-state index contributed by atoms with van der Waals surface area (Å²) >= 11 is 0. The molecule has 1 aromatic carbocycles. The van der Waals surface area contributed by atoms with Gasteiger partial charge < -0.3 is 14.8 Å². The van der Waals surface area contributed by atoms with E-state index in [-0.39, 0.29) is 19.6 Å². The highest BCUT2D eigenvalue weighted by atomic mass is 19.2. The molecule has 2 N–H and O–H groups in total. The normalized spacial score (nSPS) is 11.2. The molecule has 0 fully saturated rings. The molecule has 0 aliphatic carbocycles. The zero-order chi connectivity index (χ0) is 15.4. The van der Waals surface area contributed by atoms with Crippen LogP contribution >= 0.6 is 0 Å². The lowest BCUT2D eigenvalue weighted by molar-refractivity contribution is -0.137. The Morgan fingerprint density at radius 3 is 2.62 bits per heavy atom. The van der Waals surface area contributed by atoms with E-state index in [4.69, 9.17) is 10.2 Å². The number of halogens is 2. The van der Waals surface area contributed by atoms with Crippen molar-refractivity contribution in [3.63, 3.8) is 0 Å². The number of fused-ring (bicyclic) bond motifs is 1. The van der Waals surface area contributed by atoms with Crippen LogP contribution in [0.3, 0.4) is 0 Å². The average Bonchev–Trinajstić information content (AvgIpc) is 2.74. The number of carboxylic acids is 1. The molecule has 114 valence electrons. The third-order valence-electron chi connectivity index (χ3n) is 3.23. The molecule has 1 aromatic heterocycles. The second kappa shape index (κ2) is 6.62. The maximum Gasteiger partial charge on any atom is 0.305 e. The van der Waals surface area contributed by atoms with Gasteiger partial charge in [-0.25, -0.2) is 13.8 Å². The molecule has 21 heavy (non-hydrogen) atoms. The summed E-state index contributed by atoms with van der Waals surface area (Å²) < 4.78 is 28.2. The number of aliphatic carboxylic acids is 1. The number of benzene rings is 1. The summed E-state index contributed by atoms with van der Waals surface area (Å²) in [7, 11) is 0. The lowest BCUT2D eigenvalue weighted by Crippen LogP contribution is -2.08. The highest BCUT2D eigenvalue weighted by Crippen LogP contribution is 2.21. The van der Waals surface area contributed by atoms with Gasteiger partial charge in [0.15, 0.2) is 11.6 Å². The molecule has 0 unspecified atom stereocenters. The summed E-state index contributed by atoms with van der Waals surface area (Å²) in [6.45, 7) is 0.198. The number of unbranched alkanes of at least 4 members (excludes halogenated alkanes) is 1. The average molecular weight is 298 g/mol. The molecule has 0 aliphatic rings. The number of hydrogen-bond donors (Lipinski definition) is 2. The van der Waals surface area contributed by atoms with Crippen molar-refractivity contribution in [3.05, 3.63) is 29.6 Å². The fraction of sp³-hybridized carbons (Fsp3) is 0.429. The minimum absolute atomic E-state index is 0.0542. The first-order valence-corrected chi connectivity index (χ1v) is 6.69. The smallest absolute Gasteiger partial charge is 0.305 e. The first kappa shape index (κ1) is 15.4. The van der Waals surface area contributed by atoms with Gasteiger partial charge in [-0.1, -0.05) is 0 Å². The van der Waals surface area contributed by atoms with Crippen LogP contribution in [-0.2, 0) is 17.8 Å². The minimum atomic E-state index is -0.985. The van der Waals surface area contributed by atoms with Gasteiger partial charge in [-0.05, 0) is 12.8 Å². The third-order valence-corrected chi connectivity index (χ3v) is 3.23. The molecule has 0 radical (unpaired) electrons. The Kier molecular flexibility index (Phi) is 4.85. The van der Waals surface area contributed by atoms with Crippen LogP contribution in [-0.4, -0.2) is 32.3 Å². The Balaban J connectivity index is 2.39. The largest absolute Gasteiger partial charge is 0.481 e. The number of aromatic nitrogens is 2. The van der Waals surface area contributed by atoms with E-state index in [0.717, 1.165) is 12.1 Å². The summed E-state index contributed by atoms with van der Waals surface area (Å²) in [5.41, 5.74) is 0.687. The van der Waals surface area contributed by atoms with Crippen LogP contribution in [0.25, 0.3) is 11.0 Å². The van der Waals surface area contributed by atoms with Gasteiger partial charge >= 0.3 is 5.97 Å². The summed E-state index contributed by atoms with van der Waals surface area (Å²) in [5.74, 6) is -2.36. The van der Waals surface area contributed by atoms with Gasteiger partial charge in [-0.15, -0.1) is 0 Å². The number of aliphatic hydroxyl groups is 1. The maximum atomic E-state index is 13.4. The molecule has 0 spiro atoms. The van der Waals surface area contributed by atoms with Crippen molar-refractivity contribution in [1.82, 2.24) is 9.55 Å². The van der Waals surface area contributed by atoms with Gasteiger partial charge in [0.25, 0.3) is 0 Å². The highest BCUT2D eigenvalue weighted by molar-refractivity contribution is 5.76. The standard InChI is InChI=1S/C14H16F2N2O3/c15-9-7-11-12(8-10(9)16)18(5-4-14(20)21)13(17-11)3-1-2-6-19/h7-8,19H,1-6H2,(H,20,21). The zero-order valence-electron chi connectivity index (χ0n) is 11.4. The first-order chi connectivity index (χ1) is 10.0. The number of aliphatic hydroxyl groups excluding tert-OH is 1. The zero-order valence-corrected chi connectivity index (χ0v) is 11.4. The van der Waals surface area contributed by atoms with Crippen LogP contribution in [0, 0.1) is 11.6 Å². The summed E-state index contributed by atoms with van der Waals surface area (Å²) in [6, 6.07) is 2.05. The number of nitrogens with zero attached hydrogens (tertiary/aromatic N) is 2. The number of hydrogen-bond acceptors (Lipinski definition) is 3. The lowest BCUT2D eigenvalue weighted by atomic mass is 10.2. The Hall–Kier alpha value is -2.02. The molecule has 1 heterocycles. The maximum absolute atomic E-state index is 13.4. The van der Waals surface area contributed by atoms with Crippen molar-refractivity contribution in [3.8, 4) is 0 Å². The number of carbonyl (C=O) groups is 1. The van der Waals surface area contributed by atoms with E-state index in [9.17, 15) is 13.6 Å². The number of carboxylic acid groups (broad SMARTS) is 1. The van der Waals surface area contributed by atoms with Gasteiger partial charge in [0, 0.05) is 31.7 Å². The van der Waals surface area contributed by atoms with Crippen molar-refractivity contribution in [2.24, 2.45) is 0 Å². The summed E-state index contributed by atoms with van der Waals surface area (Å²) in [4.78, 5) is 15.0. The van der Waals surface area contributed by atoms with Crippen LogP contribution in [0.15, 0.2) is 12.1 Å². The summed E-state index contributed by atoms with van der Waals surface area (Å²) in [6.07, 6.45) is 1.64. The molecule has 0 atom stereocenters. The Morgan fingerprint density at radius 1 is 1.24 bits per heavy atom. The SMILES string of the molecule is O=C(O)CCn1c(CCCCO)nc2cc(F)c(F)cc21. The van der Waals surface area contributed by atoms with Crippen molar-refractivity contribution < 1.29 is 23.8 Å². The predicted octanol–water partition coefficient (Wildman–Crippen LogP) is 2.10. The van der Waals surface area contributed by atoms with Crippen LogP contribution in [0.5, 0.6) is 0 Å². The van der Waals surface area contributed by atoms with Crippen LogP contribution in [0.1, 0.15) is 25.1 Å². The van der Waals surface area contributed by atoms with E-state index >= 15 is 0 Å². The molecular formula is C14H16F2N2O3. The van der Waals surface area contributed by atoms with Gasteiger partial charge in [-0.2, -0.15) is 0 Å². The molecular weight excluding hydrogens is 282 g/mol. The van der Waals surface area contributed by atoms with E-state index in [0.29, 0.717) is 36.1 Å². The molecule has 7 heteroatoms. The molecule has 0 amide bonds. The van der Waals surface area contributed by atoms with Crippen LogP contribution in [0.2, 0.25) is 0 Å². The quantitative estimate of drug-likeness (QED) is 0.768. The van der Waals surface area contributed by atoms with E-state index in [1.807, 2.05) is 0 Å². The Labute approximate surface area is 119 Å².